The molecule has 0 aromatic carbocycles. The lowest BCUT2D eigenvalue weighted by atomic mass is 9.76. The van der Waals surface area contributed by atoms with Gasteiger partial charge in [-0.05, 0) is 39.7 Å². The third-order valence-electron chi connectivity index (χ3n) is 4.32. The maximum absolute atomic E-state index is 12.3. The van der Waals surface area contributed by atoms with Crippen molar-refractivity contribution in [1.82, 2.24) is 10.9 Å². The van der Waals surface area contributed by atoms with Crippen LogP contribution in [0, 0.1) is 18.8 Å². The molecule has 0 spiro atoms. The molecule has 0 saturated heterocycles. The van der Waals surface area contributed by atoms with E-state index in [0.717, 1.165) is 11.1 Å². The number of aryl methyl sites for hydroxylation is 1. The second-order valence-corrected chi connectivity index (χ2v) is 5.85. The summed E-state index contributed by atoms with van der Waals surface area (Å²) in [7, 11) is 0. The molecule has 0 aliphatic heterocycles. The van der Waals surface area contributed by atoms with E-state index >= 15 is 0 Å². The summed E-state index contributed by atoms with van der Waals surface area (Å²) in [6.45, 7) is 5.40. The molecular formula is C16H20N2O5. The van der Waals surface area contributed by atoms with Gasteiger partial charge in [0.15, 0.2) is 0 Å². The van der Waals surface area contributed by atoms with E-state index in [2.05, 4.69) is 10.9 Å². The Labute approximate surface area is 133 Å². The van der Waals surface area contributed by atoms with E-state index in [0.29, 0.717) is 24.2 Å². The number of hydrogen-bond donors (Lipinski definition) is 3. The van der Waals surface area contributed by atoms with Crippen LogP contribution < -0.4 is 10.9 Å². The van der Waals surface area contributed by atoms with Crippen molar-refractivity contribution in [3.8, 4) is 0 Å². The van der Waals surface area contributed by atoms with Crippen molar-refractivity contribution in [2.45, 2.75) is 33.6 Å². The molecule has 1 aromatic rings. The summed E-state index contributed by atoms with van der Waals surface area (Å²) >= 11 is 0. The molecule has 2 amide bonds. The van der Waals surface area contributed by atoms with Crippen LogP contribution in [0.4, 0.5) is 0 Å². The smallest absolute Gasteiger partial charge is 0.307 e. The van der Waals surface area contributed by atoms with Gasteiger partial charge in [-0.25, -0.2) is 0 Å². The maximum atomic E-state index is 12.3. The molecule has 2 unspecified atom stereocenters. The van der Waals surface area contributed by atoms with Crippen molar-refractivity contribution in [1.29, 1.82) is 0 Å². The Bertz CT molecular complexity index is 674. The number of nitrogens with one attached hydrogen (secondary N) is 2. The number of hydrazine groups is 1. The molecule has 0 bridgehead atoms. The first-order valence-electron chi connectivity index (χ1n) is 7.33. The highest BCUT2D eigenvalue weighted by molar-refractivity contribution is 5.96. The highest BCUT2D eigenvalue weighted by Crippen LogP contribution is 2.34. The lowest BCUT2D eigenvalue weighted by Crippen LogP contribution is -2.48. The van der Waals surface area contributed by atoms with Crippen molar-refractivity contribution in [3.05, 3.63) is 34.8 Å². The van der Waals surface area contributed by atoms with Crippen LogP contribution in [-0.4, -0.2) is 22.9 Å². The van der Waals surface area contributed by atoms with Gasteiger partial charge < -0.3 is 9.52 Å². The fourth-order valence-electron chi connectivity index (χ4n) is 2.73. The van der Waals surface area contributed by atoms with Gasteiger partial charge in [0.2, 0.25) is 5.91 Å². The van der Waals surface area contributed by atoms with Gasteiger partial charge in [-0.1, -0.05) is 11.1 Å². The average molecular weight is 320 g/mol. The Kier molecular flexibility index (Phi) is 4.88. The molecule has 2 atom stereocenters. The Morgan fingerprint density at radius 1 is 1.09 bits per heavy atom. The summed E-state index contributed by atoms with van der Waals surface area (Å²) in [4.78, 5) is 35.6. The Balaban J connectivity index is 2.03. The Hall–Kier alpha value is -2.57. The van der Waals surface area contributed by atoms with Crippen molar-refractivity contribution < 1.29 is 23.9 Å². The number of carboxylic acids is 1. The van der Waals surface area contributed by atoms with Crippen LogP contribution in [0.15, 0.2) is 27.9 Å². The Morgan fingerprint density at radius 2 is 1.70 bits per heavy atom. The zero-order valence-electron chi connectivity index (χ0n) is 13.3. The molecule has 1 aliphatic carbocycles. The van der Waals surface area contributed by atoms with Gasteiger partial charge in [-0.15, -0.1) is 0 Å². The highest BCUT2D eigenvalue weighted by atomic mass is 16.4. The number of amides is 2. The minimum absolute atomic E-state index is 0.315. The van der Waals surface area contributed by atoms with E-state index in [4.69, 9.17) is 4.42 Å². The first-order valence-corrected chi connectivity index (χ1v) is 7.33. The molecule has 1 heterocycles. The van der Waals surface area contributed by atoms with Crippen LogP contribution in [-0.2, 0) is 9.59 Å². The molecular weight excluding hydrogens is 300 g/mol. The van der Waals surface area contributed by atoms with Gasteiger partial charge in [0.25, 0.3) is 5.91 Å². The van der Waals surface area contributed by atoms with Crippen LogP contribution in [0.3, 0.4) is 0 Å². The van der Waals surface area contributed by atoms with Gasteiger partial charge in [-0.2, -0.15) is 0 Å². The second-order valence-electron chi connectivity index (χ2n) is 5.85. The lowest BCUT2D eigenvalue weighted by molar-refractivity contribution is -0.147. The first-order chi connectivity index (χ1) is 10.8. The molecule has 0 saturated carbocycles. The summed E-state index contributed by atoms with van der Waals surface area (Å²) in [5, 5.41) is 9.32. The van der Waals surface area contributed by atoms with Crippen LogP contribution in [0.5, 0.6) is 0 Å². The minimum atomic E-state index is -1.01. The predicted octanol–water partition coefficient (Wildman–Crippen LogP) is 1.80. The molecule has 7 heteroatoms. The monoisotopic (exact) mass is 320 g/mol. The van der Waals surface area contributed by atoms with Crippen LogP contribution in [0.2, 0.25) is 0 Å². The van der Waals surface area contributed by atoms with E-state index < -0.39 is 29.6 Å². The zero-order chi connectivity index (χ0) is 17.1. The molecule has 1 aliphatic rings. The number of carboxylic acid groups (broad SMARTS) is 1. The fraction of sp³-hybridized carbons (Fsp3) is 0.438. The fourth-order valence-corrected chi connectivity index (χ4v) is 2.73. The quantitative estimate of drug-likeness (QED) is 0.581. The van der Waals surface area contributed by atoms with Crippen LogP contribution >= 0.6 is 0 Å². The van der Waals surface area contributed by atoms with E-state index in [1.54, 1.807) is 6.92 Å². The molecule has 0 fully saturated rings. The van der Waals surface area contributed by atoms with Gasteiger partial charge in [0.1, 0.15) is 5.76 Å². The molecule has 23 heavy (non-hydrogen) atoms. The number of furan rings is 1. The summed E-state index contributed by atoms with van der Waals surface area (Å²) in [5.74, 6) is -3.07. The third-order valence-corrected chi connectivity index (χ3v) is 4.32. The van der Waals surface area contributed by atoms with E-state index in [1.807, 2.05) is 13.8 Å². The normalized spacial score (nSPS) is 21.0. The largest absolute Gasteiger partial charge is 0.481 e. The zero-order valence-corrected chi connectivity index (χ0v) is 13.3. The topological polar surface area (TPSA) is 109 Å². The standard InChI is InChI=1S/C16H20N2O5/c1-8-6-12(13(16(21)22)7-9(8)2)15(20)18-17-14(19)11-4-5-23-10(11)3/h4-5,12-13H,6-7H2,1-3H3,(H,17,19)(H,18,20)(H,21,22). The molecule has 0 radical (unpaired) electrons. The number of carbonyl (C=O) groups excluding carboxylic acids is 2. The van der Waals surface area contributed by atoms with Crippen molar-refractivity contribution in [2.75, 3.05) is 0 Å². The average Bonchev–Trinajstić information content (AvgIpc) is 2.92. The highest BCUT2D eigenvalue weighted by Gasteiger charge is 2.37. The molecule has 124 valence electrons. The molecule has 1 aromatic heterocycles. The first kappa shape index (κ1) is 16.8. The van der Waals surface area contributed by atoms with Gasteiger partial charge in [0.05, 0.1) is 23.7 Å². The van der Waals surface area contributed by atoms with Crippen molar-refractivity contribution in [2.24, 2.45) is 11.8 Å². The maximum Gasteiger partial charge on any atom is 0.307 e. The third kappa shape index (κ3) is 3.61. The number of rotatable bonds is 3. The van der Waals surface area contributed by atoms with E-state index in [9.17, 15) is 19.5 Å². The minimum Gasteiger partial charge on any atom is -0.481 e. The van der Waals surface area contributed by atoms with Crippen molar-refractivity contribution in [3.63, 3.8) is 0 Å². The summed E-state index contributed by atoms with van der Waals surface area (Å²) in [6.07, 6.45) is 2.09. The Morgan fingerprint density at radius 3 is 2.22 bits per heavy atom. The molecule has 3 N–H and O–H groups in total. The lowest BCUT2D eigenvalue weighted by Gasteiger charge is -2.29. The number of allylic oxidation sites excluding steroid dienone is 2. The van der Waals surface area contributed by atoms with Crippen LogP contribution in [0.25, 0.3) is 0 Å². The number of hydrogen-bond acceptors (Lipinski definition) is 4. The van der Waals surface area contributed by atoms with Crippen LogP contribution in [0.1, 0.15) is 42.8 Å². The predicted molar refractivity (Wildman–Crippen MR) is 81.3 cm³/mol. The molecule has 7 nitrogen and oxygen atoms in total. The van der Waals surface area contributed by atoms with Gasteiger partial charge in [-0.3, -0.25) is 25.2 Å². The summed E-state index contributed by atoms with van der Waals surface area (Å²) in [5.41, 5.74) is 6.95. The number of carbonyl (C=O) groups is 3. The van der Waals surface area contributed by atoms with Gasteiger partial charge >= 0.3 is 5.97 Å². The van der Waals surface area contributed by atoms with E-state index in [-0.39, 0.29) is 0 Å². The molecule has 2 rings (SSSR count). The summed E-state index contributed by atoms with van der Waals surface area (Å²) < 4.78 is 5.03. The van der Waals surface area contributed by atoms with Gasteiger partial charge in [0, 0.05) is 0 Å². The SMILES string of the molecule is CC1=C(C)CC(C(=O)NNC(=O)c2ccoc2C)C(C(=O)O)C1. The number of aliphatic carboxylic acids is 1. The summed E-state index contributed by atoms with van der Waals surface area (Å²) in [6, 6.07) is 1.49. The van der Waals surface area contributed by atoms with Crippen molar-refractivity contribution >= 4 is 17.8 Å². The van der Waals surface area contributed by atoms with E-state index in [1.165, 1.54) is 12.3 Å². The second kappa shape index (κ2) is 6.68.